The molecule has 2 aromatic carbocycles. The van der Waals surface area contributed by atoms with Crippen LogP contribution in [0.2, 0.25) is 0 Å². The van der Waals surface area contributed by atoms with Crippen molar-refractivity contribution in [3.8, 4) is 11.1 Å². The monoisotopic (exact) mass is 440 g/mol. The summed E-state index contributed by atoms with van der Waals surface area (Å²) in [5, 5.41) is 0. The molecule has 1 saturated carbocycles. The SMILES string of the molecule is CCCCCCCC[C@H]1CC[C@H](CCc2ccc(-c3ccc(CC)cc3)c(F)c2F)CC1. The van der Waals surface area contributed by atoms with E-state index in [0.717, 1.165) is 24.3 Å². The van der Waals surface area contributed by atoms with Crippen molar-refractivity contribution in [2.45, 2.75) is 104 Å². The molecule has 176 valence electrons. The summed E-state index contributed by atoms with van der Waals surface area (Å²) in [6.07, 6.45) is 17.4. The van der Waals surface area contributed by atoms with Crippen LogP contribution < -0.4 is 0 Å². The summed E-state index contributed by atoms with van der Waals surface area (Å²) in [5.41, 5.74) is 2.84. The first-order valence-corrected chi connectivity index (χ1v) is 13.2. The van der Waals surface area contributed by atoms with E-state index in [4.69, 9.17) is 0 Å². The zero-order valence-corrected chi connectivity index (χ0v) is 20.3. The minimum Gasteiger partial charge on any atom is -0.203 e. The van der Waals surface area contributed by atoms with E-state index in [1.807, 2.05) is 24.3 Å². The average molecular weight is 441 g/mol. The van der Waals surface area contributed by atoms with Gasteiger partial charge < -0.3 is 0 Å². The van der Waals surface area contributed by atoms with Gasteiger partial charge in [0.15, 0.2) is 11.6 Å². The van der Waals surface area contributed by atoms with Crippen LogP contribution in [0.25, 0.3) is 11.1 Å². The number of hydrogen-bond donors (Lipinski definition) is 0. The van der Waals surface area contributed by atoms with Crippen molar-refractivity contribution in [3.05, 3.63) is 59.2 Å². The summed E-state index contributed by atoms with van der Waals surface area (Å²) in [5.74, 6) is 0.206. The van der Waals surface area contributed by atoms with Crippen LogP contribution in [0.15, 0.2) is 36.4 Å². The Labute approximate surface area is 194 Å². The lowest BCUT2D eigenvalue weighted by Crippen LogP contribution is -2.15. The molecule has 0 N–H and O–H groups in total. The van der Waals surface area contributed by atoms with E-state index in [9.17, 15) is 8.78 Å². The molecule has 0 aromatic heterocycles. The topological polar surface area (TPSA) is 0 Å². The summed E-state index contributed by atoms with van der Waals surface area (Å²) < 4.78 is 29.6. The van der Waals surface area contributed by atoms with Crippen LogP contribution in [0, 0.1) is 23.5 Å². The van der Waals surface area contributed by atoms with Crippen LogP contribution in [0.4, 0.5) is 8.78 Å². The van der Waals surface area contributed by atoms with E-state index in [1.54, 1.807) is 12.1 Å². The van der Waals surface area contributed by atoms with Gasteiger partial charge in [-0.15, -0.1) is 0 Å². The van der Waals surface area contributed by atoms with Crippen LogP contribution in [0.3, 0.4) is 0 Å². The third kappa shape index (κ3) is 7.15. The molecule has 1 fully saturated rings. The second kappa shape index (κ2) is 13.1. The van der Waals surface area contributed by atoms with E-state index in [-0.39, 0.29) is 0 Å². The molecule has 2 heteroatoms. The number of rotatable bonds is 12. The fourth-order valence-corrected chi connectivity index (χ4v) is 5.31. The summed E-state index contributed by atoms with van der Waals surface area (Å²) in [6, 6.07) is 11.3. The number of aryl methyl sites for hydroxylation is 2. The Balaban J connectivity index is 1.43. The molecule has 0 atom stereocenters. The molecular formula is C30H42F2. The second-order valence-electron chi connectivity index (χ2n) is 9.93. The number of halogens is 2. The van der Waals surface area contributed by atoms with Gasteiger partial charge in [0, 0.05) is 5.56 Å². The Morgan fingerprint density at radius 1 is 0.688 bits per heavy atom. The normalized spacial score (nSPS) is 18.8. The number of hydrogen-bond acceptors (Lipinski definition) is 0. The van der Waals surface area contributed by atoms with Gasteiger partial charge in [0.2, 0.25) is 0 Å². The molecule has 0 amide bonds. The predicted molar refractivity (Wildman–Crippen MR) is 133 cm³/mol. The lowest BCUT2D eigenvalue weighted by atomic mass is 9.77. The van der Waals surface area contributed by atoms with Crippen LogP contribution >= 0.6 is 0 Å². The van der Waals surface area contributed by atoms with E-state index in [1.165, 1.54) is 76.2 Å². The quantitative estimate of drug-likeness (QED) is 0.288. The molecule has 0 unspecified atom stereocenters. The molecule has 1 aliphatic carbocycles. The highest BCUT2D eigenvalue weighted by molar-refractivity contribution is 5.65. The van der Waals surface area contributed by atoms with Crippen molar-refractivity contribution in [3.63, 3.8) is 0 Å². The average Bonchev–Trinajstić information content (AvgIpc) is 2.83. The van der Waals surface area contributed by atoms with E-state index < -0.39 is 11.6 Å². The number of benzene rings is 2. The Morgan fingerprint density at radius 2 is 1.31 bits per heavy atom. The zero-order chi connectivity index (χ0) is 22.8. The van der Waals surface area contributed by atoms with E-state index in [2.05, 4.69) is 13.8 Å². The molecule has 0 aliphatic heterocycles. The standard InChI is InChI=1S/C30H42F2/c1-3-5-6-7-8-9-10-24-11-13-25(14-12-24)17-20-27-21-22-28(30(32)29(27)31)26-18-15-23(4-2)16-19-26/h15-16,18-19,21-22,24-25H,3-14,17,20H2,1-2H3/t24-,25-. The van der Waals surface area contributed by atoms with Crippen molar-refractivity contribution in [1.29, 1.82) is 0 Å². The third-order valence-corrected chi connectivity index (χ3v) is 7.59. The van der Waals surface area contributed by atoms with Crippen molar-refractivity contribution >= 4 is 0 Å². The third-order valence-electron chi connectivity index (χ3n) is 7.59. The molecule has 2 aromatic rings. The van der Waals surface area contributed by atoms with Crippen LogP contribution in [0.1, 0.15) is 102 Å². The van der Waals surface area contributed by atoms with Gasteiger partial charge in [0.25, 0.3) is 0 Å². The zero-order valence-electron chi connectivity index (χ0n) is 20.3. The molecule has 0 nitrogen and oxygen atoms in total. The lowest BCUT2D eigenvalue weighted by Gasteiger charge is -2.28. The Kier molecular flexibility index (Phi) is 10.2. The molecule has 3 rings (SSSR count). The maximum atomic E-state index is 14.8. The predicted octanol–water partition coefficient (Wildman–Crippen LogP) is 9.68. The first kappa shape index (κ1) is 24.9. The largest absolute Gasteiger partial charge is 0.203 e. The first-order valence-electron chi connectivity index (χ1n) is 13.2. The summed E-state index contributed by atoms with van der Waals surface area (Å²) in [6.45, 7) is 4.36. The van der Waals surface area contributed by atoms with Crippen LogP contribution in [0.5, 0.6) is 0 Å². The molecular weight excluding hydrogens is 398 g/mol. The minimum absolute atomic E-state index is 0.365. The Hall–Kier alpha value is -1.70. The summed E-state index contributed by atoms with van der Waals surface area (Å²) >= 11 is 0. The van der Waals surface area contributed by atoms with Crippen molar-refractivity contribution in [2.24, 2.45) is 11.8 Å². The number of unbranched alkanes of at least 4 members (excludes halogenated alkanes) is 5. The van der Waals surface area contributed by atoms with Crippen LogP contribution in [-0.2, 0) is 12.8 Å². The highest BCUT2D eigenvalue weighted by atomic mass is 19.2. The smallest absolute Gasteiger partial charge is 0.166 e. The molecule has 0 heterocycles. The highest BCUT2D eigenvalue weighted by Crippen LogP contribution is 2.35. The maximum absolute atomic E-state index is 14.8. The van der Waals surface area contributed by atoms with E-state index >= 15 is 0 Å². The molecule has 32 heavy (non-hydrogen) atoms. The molecule has 0 radical (unpaired) electrons. The van der Waals surface area contributed by atoms with Gasteiger partial charge in [-0.05, 0) is 47.8 Å². The fraction of sp³-hybridized carbons (Fsp3) is 0.600. The van der Waals surface area contributed by atoms with Crippen LogP contribution in [-0.4, -0.2) is 0 Å². The molecule has 1 aliphatic rings. The van der Waals surface area contributed by atoms with Gasteiger partial charge >= 0.3 is 0 Å². The van der Waals surface area contributed by atoms with Crippen molar-refractivity contribution in [2.75, 3.05) is 0 Å². The van der Waals surface area contributed by atoms with Gasteiger partial charge in [-0.1, -0.05) is 121 Å². The summed E-state index contributed by atoms with van der Waals surface area (Å²) in [4.78, 5) is 0. The van der Waals surface area contributed by atoms with E-state index in [0.29, 0.717) is 23.5 Å². The molecule has 0 saturated heterocycles. The fourth-order valence-electron chi connectivity index (χ4n) is 5.31. The van der Waals surface area contributed by atoms with Crippen molar-refractivity contribution in [1.82, 2.24) is 0 Å². The summed E-state index contributed by atoms with van der Waals surface area (Å²) in [7, 11) is 0. The van der Waals surface area contributed by atoms with Gasteiger partial charge in [0.05, 0.1) is 0 Å². The van der Waals surface area contributed by atoms with Gasteiger partial charge in [-0.2, -0.15) is 0 Å². The van der Waals surface area contributed by atoms with Gasteiger partial charge in [0.1, 0.15) is 0 Å². The lowest BCUT2D eigenvalue weighted by molar-refractivity contribution is 0.248. The maximum Gasteiger partial charge on any atom is 0.166 e. The highest BCUT2D eigenvalue weighted by Gasteiger charge is 2.22. The van der Waals surface area contributed by atoms with Gasteiger partial charge in [-0.25, -0.2) is 8.78 Å². The Bertz CT molecular complexity index is 800. The van der Waals surface area contributed by atoms with Gasteiger partial charge in [-0.3, -0.25) is 0 Å². The first-order chi connectivity index (χ1) is 15.6. The second-order valence-corrected chi connectivity index (χ2v) is 9.93. The Morgan fingerprint density at radius 3 is 1.97 bits per heavy atom. The minimum atomic E-state index is -0.700. The molecule has 0 bridgehead atoms. The molecule has 0 spiro atoms. The van der Waals surface area contributed by atoms with Crippen molar-refractivity contribution < 1.29 is 8.78 Å².